The Bertz CT molecular complexity index is 702. The van der Waals surface area contributed by atoms with Crippen LogP contribution >= 0.6 is 0 Å². The number of carbonyl (C=O) groups is 1. The van der Waals surface area contributed by atoms with Crippen molar-refractivity contribution in [3.05, 3.63) is 53.1 Å². The van der Waals surface area contributed by atoms with E-state index in [1.165, 1.54) is 0 Å². The van der Waals surface area contributed by atoms with Crippen molar-refractivity contribution in [2.75, 3.05) is 0 Å². The number of hydrogen-bond acceptors (Lipinski definition) is 2. The Kier molecular flexibility index (Phi) is 1.81. The molecule has 1 amide bonds. The van der Waals surface area contributed by atoms with Gasteiger partial charge in [-0.1, -0.05) is 30.3 Å². The first-order valence-electron chi connectivity index (χ1n) is 6.05. The maximum absolute atomic E-state index is 11.8. The first-order chi connectivity index (χ1) is 8.84. The Balaban J connectivity index is 2.03. The van der Waals surface area contributed by atoms with E-state index in [4.69, 9.17) is 0 Å². The minimum Gasteiger partial charge on any atom is -0.265 e. The van der Waals surface area contributed by atoms with Crippen molar-refractivity contribution in [3.8, 4) is 11.1 Å². The predicted molar refractivity (Wildman–Crippen MR) is 68.1 cm³/mol. The van der Waals surface area contributed by atoms with Crippen molar-refractivity contribution in [3.63, 3.8) is 0 Å². The second-order valence-corrected chi connectivity index (χ2v) is 4.66. The summed E-state index contributed by atoms with van der Waals surface area (Å²) in [5.41, 5.74) is 6.13. The maximum Gasteiger partial charge on any atom is 0.297 e. The molecule has 0 N–H and O–H groups in total. The lowest BCUT2D eigenvalue weighted by Crippen LogP contribution is -2.10. The van der Waals surface area contributed by atoms with E-state index in [2.05, 4.69) is 28.4 Å². The molecule has 1 heterocycles. The van der Waals surface area contributed by atoms with Crippen LogP contribution < -0.4 is 0 Å². The molecule has 0 saturated heterocycles. The fourth-order valence-electron chi connectivity index (χ4n) is 2.84. The second-order valence-electron chi connectivity index (χ2n) is 4.66. The fourth-order valence-corrected chi connectivity index (χ4v) is 2.84. The minimum atomic E-state index is -0.182. The SMILES string of the molecule is O=C1N=Nc2c3cc(-c4ccccc4)c(c21)CC3. The van der Waals surface area contributed by atoms with Gasteiger partial charge in [0.1, 0.15) is 5.69 Å². The molecule has 0 spiro atoms. The molecule has 3 nitrogen and oxygen atoms in total. The Labute approximate surface area is 104 Å². The quantitative estimate of drug-likeness (QED) is 0.741. The molecule has 2 aromatic carbocycles. The number of benzene rings is 2. The standard InChI is InChI=1S/C15H10N2O/c18-15-13-11-7-6-10(14(13)16-17-15)8-12(11)9-4-2-1-3-5-9/h1-5,8H,6-7H2. The molecule has 0 unspecified atom stereocenters. The van der Waals surface area contributed by atoms with Crippen LogP contribution in [0.25, 0.3) is 11.1 Å². The second kappa shape index (κ2) is 3.35. The van der Waals surface area contributed by atoms with Gasteiger partial charge in [-0.2, -0.15) is 0 Å². The van der Waals surface area contributed by atoms with Crippen molar-refractivity contribution in [2.45, 2.75) is 12.8 Å². The van der Waals surface area contributed by atoms with Gasteiger partial charge in [0.05, 0.1) is 5.56 Å². The van der Waals surface area contributed by atoms with Crippen LogP contribution in [0.3, 0.4) is 0 Å². The lowest BCUT2D eigenvalue weighted by Gasteiger charge is -2.21. The van der Waals surface area contributed by atoms with Crippen LogP contribution in [0.1, 0.15) is 21.5 Å². The third-order valence-electron chi connectivity index (χ3n) is 3.67. The van der Waals surface area contributed by atoms with Gasteiger partial charge in [0, 0.05) is 0 Å². The molecule has 0 aromatic heterocycles. The fraction of sp³-hybridized carbons (Fsp3) is 0.133. The Hall–Kier alpha value is -2.29. The van der Waals surface area contributed by atoms with Crippen LogP contribution in [-0.2, 0) is 12.8 Å². The van der Waals surface area contributed by atoms with Crippen molar-refractivity contribution >= 4 is 11.6 Å². The average molecular weight is 234 g/mol. The maximum atomic E-state index is 11.8. The highest BCUT2D eigenvalue weighted by atomic mass is 16.2. The number of hydrogen-bond donors (Lipinski definition) is 0. The van der Waals surface area contributed by atoms with Gasteiger partial charge in [0.2, 0.25) is 0 Å². The van der Waals surface area contributed by atoms with Crippen LogP contribution in [0.15, 0.2) is 46.6 Å². The highest BCUT2D eigenvalue weighted by molar-refractivity contribution is 6.06. The van der Waals surface area contributed by atoms with Crippen LogP contribution in [0.2, 0.25) is 0 Å². The number of nitrogens with zero attached hydrogens (tertiary/aromatic N) is 2. The molecule has 3 heteroatoms. The molecule has 0 radical (unpaired) electrons. The van der Waals surface area contributed by atoms with Gasteiger partial charge in [0.25, 0.3) is 5.91 Å². The van der Waals surface area contributed by atoms with Crippen LogP contribution in [0.5, 0.6) is 0 Å². The highest BCUT2D eigenvalue weighted by Gasteiger charge is 2.30. The van der Waals surface area contributed by atoms with Crippen molar-refractivity contribution < 1.29 is 4.79 Å². The summed E-state index contributed by atoms with van der Waals surface area (Å²) in [7, 11) is 0. The monoisotopic (exact) mass is 234 g/mol. The molecule has 86 valence electrons. The zero-order valence-corrected chi connectivity index (χ0v) is 9.68. The average Bonchev–Trinajstić information content (AvgIpc) is 2.85. The van der Waals surface area contributed by atoms with E-state index in [1.807, 2.05) is 18.2 Å². The molecule has 0 atom stereocenters. The molecule has 2 aliphatic carbocycles. The molecule has 0 saturated carbocycles. The molecule has 5 rings (SSSR count). The van der Waals surface area contributed by atoms with Crippen LogP contribution in [-0.4, -0.2) is 5.91 Å². The van der Waals surface area contributed by atoms with Gasteiger partial charge < -0.3 is 0 Å². The number of azo groups is 1. The van der Waals surface area contributed by atoms with E-state index in [1.54, 1.807) is 0 Å². The first kappa shape index (κ1) is 9.71. The summed E-state index contributed by atoms with van der Waals surface area (Å²) >= 11 is 0. The molecule has 18 heavy (non-hydrogen) atoms. The Morgan fingerprint density at radius 2 is 1.83 bits per heavy atom. The topological polar surface area (TPSA) is 41.8 Å². The van der Waals surface area contributed by atoms with Gasteiger partial charge in [-0.15, -0.1) is 10.2 Å². The van der Waals surface area contributed by atoms with Gasteiger partial charge in [0.15, 0.2) is 0 Å². The van der Waals surface area contributed by atoms with Gasteiger partial charge in [-0.05, 0) is 41.2 Å². The zero-order valence-electron chi connectivity index (χ0n) is 9.68. The summed E-state index contributed by atoms with van der Waals surface area (Å²) in [4.78, 5) is 11.8. The lowest BCUT2D eigenvalue weighted by atomic mass is 9.82. The summed E-state index contributed by atoms with van der Waals surface area (Å²) in [5, 5.41) is 7.69. The van der Waals surface area contributed by atoms with Crippen molar-refractivity contribution in [2.24, 2.45) is 10.2 Å². The van der Waals surface area contributed by atoms with Crippen LogP contribution in [0, 0.1) is 0 Å². The summed E-state index contributed by atoms with van der Waals surface area (Å²) < 4.78 is 0. The number of carbonyl (C=O) groups excluding carboxylic acids is 1. The molecule has 2 bridgehead atoms. The summed E-state index contributed by atoms with van der Waals surface area (Å²) in [6.45, 7) is 0. The summed E-state index contributed by atoms with van der Waals surface area (Å²) in [6, 6.07) is 12.3. The first-order valence-corrected chi connectivity index (χ1v) is 6.05. The predicted octanol–water partition coefficient (Wildman–Crippen LogP) is 3.69. The highest BCUT2D eigenvalue weighted by Crippen LogP contribution is 2.43. The third kappa shape index (κ3) is 1.16. The number of amides is 1. The van der Waals surface area contributed by atoms with E-state index in [0.29, 0.717) is 0 Å². The van der Waals surface area contributed by atoms with E-state index >= 15 is 0 Å². The number of fused-ring (bicyclic) bond motifs is 2. The summed E-state index contributed by atoms with van der Waals surface area (Å²) in [6.07, 6.45) is 1.89. The molecular formula is C15H10N2O. The zero-order chi connectivity index (χ0) is 12.1. The van der Waals surface area contributed by atoms with E-state index in [0.717, 1.165) is 46.3 Å². The molecule has 2 aromatic rings. The molecular weight excluding hydrogens is 224 g/mol. The van der Waals surface area contributed by atoms with Crippen LogP contribution in [0.4, 0.5) is 5.69 Å². The smallest absolute Gasteiger partial charge is 0.265 e. The van der Waals surface area contributed by atoms with E-state index in [-0.39, 0.29) is 5.91 Å². The molecule has 0 fully saturated rings. The van der Waals surface area contributed by atoms with Gasteiger partial charge in [-0.3, -0.25) is 4.79 Å². The summed E-state index contributed by atoms with van der Waals surface area (Å²) in [5.74, 6) is -0.182. The van der Waals surface area contributed by atoms with Gasteiger partial charge in [-0.25, -0.2) is 0 Å². The largest absolute Gasteiger partial charge is 0.297 e. The molecule has 3 aliphatic rings. The Morgan fingerprint density at radius 1 is 1.00 bits per heavy atom. The number of rotatable bonds is 1. The normalized spacial score (nSPS) is 15.2. The van der Waals surface area contributed by atoms with Gasteiger partial charge >= 0.3 is 0 Å². The van der Waals surface area contributed by atoms with E-state index in [9.17, 15) is 4.79 Å². The minimum absolute atomic E-state index is 0.182. The van der Waals surface area contributed by atoms with E-state index < -0.39 is 0 Å². The van der Waals surface area contributed by atoms with Crippen molar-refractivity contribution in [1.82, 2.24) is 0 Å². The lowest BCUT2D eigenvalue weighted by molar-refractivity contribution is 0.100. The molecule has 1 aliphatic heterocycles. The third-order valence-corrected chi connectivity index (χ3v) is 3.67. The Morgan fingerprint density at radius 3 is 2.67 bits per heavy atom. The van der Waals surface area contributed by atoms with Crippen molar-refractivity contribution in [1.29, 1.82) is 0 Å². The number of aryl methyl sites for hydroxylation is 1.